The Morgan fingerprint density at radius 2 is 1.82 bits per heavy atom. The largest absolute Gasteiger partial charge is 0.483 e. The fourth-order valence-corrected chi connectivity index (χ4v) is 2.98. The van der Waals surface area contributed by atoms with Gasteiger partial charge in [0.25, 0.3) is 11.8 Å². The van der Waals surface area contributed by atoms with Gasteiger partial charge in [0.05, 0.1) is 4.47 Å². The molecule has 2 rings (SSSR count). The second-order valence-corrected chi connectivity index (χ2v) is 7.08. The van der Waals surface area contributed by atoms with Crippen LogP contribution in [0.3, 0.4) is 0 Å². The Hall–Kier alpha value is -2.54. The Bertz CT molecular complexity index is 826. The third-order valence-electron chi connectivity index (χ3n) is 4.11. The van der Waals surface area contributed by atoms with Crippen molar-refractivity contribution in [3.8, 4) is 11.5 Å². The van der Waals surface area contributed by atoms with Crippen LogP contribution in [0.4, 0.5) is 0 Å². The molecular formula is C21H25BrN2O4. The van der Waals surface area contributed by atoms with E-state index >= 15 is 0 Å². The number of halogens is 1. The van der Waals surface area contributed by atoms with E-state index < -0.39 is 17.9 Å². The summed E-state index contributed by atoms with van der Waals surface area (Å²) in [5.74, 6) is 0.311. The number of benzene rings is 2. The molecule has 0 heterocycles. The first kappa shape index (κ1) is 21.8. The highest BCUT2D eigenvalue weighted by Crippen LogP contribution is 2.26. The van der Waals surface area contributed by atoms with Crippen molar-refractivity contribution in [3.63, 3.8) is 0 Å². The highest BCUT2D eigenvalue weighted by molar-refractivity contribution is 9.10. The number of hydrazine groups is 1. The van der Waals surface area contributed by atoms with Gasteiger partial charge in [-0.3, -0.25) is 20.4 Å². The first-order chi connectivity index (χ1) is 13.4. The van der Waals surface area contributed by atoms with Crippen LogP contribution >= 0.6 is 15.9 Å². The zero-order valence-corrected chi connectivity index (χ0v) is 17.8. The average molecular weight is 449 g/mol. The molecule has 6 nitrogen and oxygen atoms in total. The summed E-state index contributed by atoms with van der Waals surface area (Å²) < 4.78 is 12.0. The van der Waals surface area contributed by atoms with Crippen molar-refractivity contribution in [1.29, 1.82) is 0 Å². The average Bonchev–Trinajstić information content (AvgIpc) is 2.70. The summed E-state index contributed by atoms with van der Waals surface area (Å²) in [6, 6.07) is 13.1. The van der Waals surface area contributed by atoms with Crippen molar-refractivity contribution in [3.05, 3.63) is 58.1 Å². The predicted molar refractivity (Wildman–Crippen MR) is 111 cm³/mol. The molecule has 0 saturated carbocycles. The van der Waals surface area contributed by atoms with Gasteiger partial charge in [-0.15, -0.1) is 0 Å². The fourth-order valence-electron chi connectivity index (χ4n) is 2.44. The van der Waals surface area contributed by atoms with Crippen LogP contribution in [0.2, 0.25) is 0 Å². The lowest BCUT2D eigenvalue weighted by Gasteiger charge is -2.18. The Labute approximate surface area is 173 Å². The summed E-state index contributed by atoms with van der Waals surface area (Å²) in [5.41, 5.74) is 6.84. The van der Waals surface area contributed by atoms with Crippen molar-refractivity contribution in [2.75, 3.05) is 6.61 Å². The molecule has 2 amide bonds. The second kappa shape index (κ2) is 10.7. The summed E-state index contributed by atoms with van der Waals surface area (Å²) in [6.07, 6.45) is 0.663. The molecule has 0 aliphatic heterocycles. The molecule has 150 valence electrons. The molecule has 0 saturated heterocycles. The van der Waals surface area contributed by atoms with Crippen LogP contribution in [0.15, 0.2) is 46.9 Å². The van der Waals surface area contributed by atoms with E-state index in [2.05, 4.69) is 33.7 Å². The lowest BCUT2D eigenvalue weighted by molar-refractivity contribution is -0.134. The smallest absolute Gasteiger partial charge is 0.279 e. The van der Waals surface area contributed by atoms with Crippen LogP contribution < -0.4 is 20.3 Å². The Balaban J connectivity index is 1.82. The van der Waals surface area contributed by atoms with Crippen LogP contribution in [-0.2, 0) is 16.0 Å². The number of aryl methyl sites for hydroxylation is 2. The Morgan fingerprint density at radius 1 is 1.07 bits per heavy atom. The molecule has 0 aromatic heterocycles. The van der Waals surface area contributed by atoms with Gasteiger partial charge in [0, 0.05) is 0 Å². The molecule has 2 aromatic carbocycles. The number of amides is 2. The van der Waals surface area contributed by atoms with Gasteiger partial charge in [-0.1, -0.05) is 38.1 Å². The first-order valence-electron chi connectivity index (χ1n) is 9.16. The van der Waals surface area contributed by atoms with Gasteiger partial charge >= 0.3 is 0 Å². The summed E-state index contributed by atoms with van der Waals surface area (Å²) >= 11 is 3.42. The van der Waals surface area contributed by atoms with E-state index in [1.165, 1.54) is 0 Å². The van der Waals surface area contributed by atoms with E-state index in [4.69, 9.17) is 9.47 Å². The quantitative estimate of drug-likeness (QED) is 0.603. The molecule has 1 atom stereocenters. The molecule has 0 fully saturated rings. The van der Waals surface area contributed by atoms with Crippen molar-refractivity contribution in [2.24, 2.45) is 0 Å². The second-order valence-electron chi connectivity index (χ2n) is 6.22. The third kappa shape index (κ3) is 6.27. The van der Waals surface area contributed by atoms with Gasteiger partial charge in [-0.2, -0.15) is 0 Å². The standard InChI is InChI=1S/C21H25BrN2O4/c1-4-15-10-11-19(16(22)12-15)27-13-20(25)23-24-21(26)17(5-2)28-18-9-7-6-8-14(18)3/h6-12,17H,4-5,13H2,1-3H3,(H,23,25)(H,24,26). The Kier molecular flexibility index (Phi) is 8.32. The molecule has 0 radical (unpaired) electrons. The van der Waals surface area contributed by atoms with Crippen LogP contribution in [0.25, 0.3) is 0 Å². The van der Waals surface area contributed by atoms with E-state index in [9.17, 15) is 9.59 Å². The van der Waals surface area contributed by atoms with Crippen LogP contribution in [0.5, 0.6) is 11.5 Å². The molecule has 2 aromatic rings. The predicted octanol–water partition coefficient (Wildman–Crippen LogP) is 3.70. The van der Waals surface area contributed by atoms with Gasteiger partial charge in [0.15, 0.2) is 12.7 Å². The zero-order valence-electron chi connectivity index (χ0n) is 16.3. The maximum absolute atomic E-state index is 12.3. The van der Waals surface area contributed by atoms with Gasteiger partial charge in [-0.25, -0.2) is 0 Å². The molecule has 2 N–H and O–H groups in total. The number of carbonyl (C=O) groups excluding carboxylic acids is 2. The highest BCUT2D eigenvalue weighted by atomic mass is 79.9. The van der Waals surface area contributed by atoms with Crippen LogP contribution in [-0.4, -0.2) is 24.5 Å². The minimum absolute atomic E-state index is 0.222. The van der Waals surface area contributed by atoms with E-state index in [-0.39, 0.29) is 6.61 Å². The molecule has 0 aliphatic rings. The summed E-state index contributed by atoms with van der Waals surface area (Å²) in [4.78, 5) is 24.3. The number of ether oxygens (including phenoxy) is 2. The summed E-state index contributed by atoms with van der Waals surface area (Å²) in [6.45, 7) is 5.58. The number of hydrogen-bond donors (Lipinski definition) is 2. The first-order valence-corrected chi connectivity index (χ1v) is 9.96. The monoisotopic (exact) mass is 448 g/mol. The van der Waals surface area contributed by atoms with Crippen LogP contribution in [0.1, 0.15) is 31.4 Å². The number of para-hydroxylation sites is 1. The highest BCUT2D eigenvalue weighted by Gasteiger charge is 2.19. The van der Waals surface area contributed by atoms with E-state index in [0.717, 1.165) is 22.0 Å². The Morgan fingerprint density at radius 3 is 2.46 bits per heavy atom. The SMILES string of the molecule is CCc1ccc(OCC(=O)NNC(=O)C(CC)Oc2ccccc2C)c(Br)c1. The lowest BCUT2D eigenvalue weighted by Crippen LogP contribution is -2.49. The number of rotatable bonds is 8. The van der Waals surface area contributed by atoms with Crippen molar-refractivity contribution < 1.29 is 19.1 Å². The van der Waals surface area contributed by atoms with E-state index in [0.29, 0.717) is 17.9 Å². The van der Waals surface area contributed by atoms with Gasteiger partial charge in [0.2, 0.25) is 0 Å². The van der Waals surface area contributed by atoms with Crippen LogP contribution in [0, 0.1) is 6.92 Å². The third-order valence-corrected chi connectivity index (χ3v) is 4.73. The molecule has 0 aliphatic carbocycles. The number of carbonyl (C=O) groups is 2. The molecule has 0 spiro atoms. The topological polar surface area (TPSA) is 76.7 Å². The summed E-state index contributed by atoms with van der Waals surface area (Å²) in [7, 11) is 0. The molecule has 7 heteroatoms. The maximum Gasteiger partial charge on any atom is 0.279 e. The minimum Gasteiger partial charge on any atom is -0.483 e. The molecule has 1 unspecified atom stereocenters. The van der Waals surface area contributed by atoms with Gasteiger partial charge in [0.1, 0.15) is 11.5 Å². The molecule has 28 heavy (non-hydrogen) atoms. The van der Waals surface area contributed by atoms with Crippen molar-refractivity contribution >= 4 is 27.7 Å². The van der Waals surface area contributed by atoms with Gasteiger partial charge < -0.3 is 9.47 Å². The fraction of sp³-hybridized carbons (Fsp3) is 0.333. The molecule has 0 bridgehead atoms. The van der Waals surface area contributed by atoms with Crippen molar-refractivity contribution in [1.82, 2.24) is 10.9 Å². The minimum atomic E-state index is -0.710. The lowest BCUT2D eigenvalue weighted by atomic mass is 10.2. The van der Waals surface area contributed by atoms with E-state index in [1.54, 1.807) is 12.1 Å². The van der Waals surface area contributed by atoms with Gasteiger partial charge in [-0.05, 0) is 65.0 Å². The zero-order chi connectivity index (χ0) is 20.5. The maximum atomic E-state index is 12.3. The number of hydrogen-bond acceptors (Lipinski definition) is 4. The van der Waals surface area contributed by atoms with Crippen molar-refractivity contribution in [2.45, 2.75) is 39.7 Å². The summed E-state index contributed by atoms with van der Waals surface area (Å²) in [5, 5.41) is 0. The van der Waals surface area contributed by atoms with E-state index in [1.807, 2.05) is 44.2 Å². The normalized spacial score (nSPS) is 11.4. The number of nitrogens with one attached hydrogen (secondary N) is 2. The molecular weight excluding hydrogens is 424 g/mol.